The van der Waals surface area contributed by atoms with E-state index in [2.05, 4.69) is 5.73 Å². The molecule has 0 aromatic carbocycles. The molecule has 0 atom stereocenters. The molecule has 0 rings (SSSR count). The van der Waals surface area contributed by atoms with Crippen molar-refractivity contribution in [1.82, 2.24) is 0 Å². The van der Waals surface area contributed by atoms with E-state index in [0.29, 0.717) is 6.29 Å². The van der Waals surface area contributed by atoms with Crippen molar-refractivity contribution >= 4 is 6.29 Å². The lowest BCUT2D eigenvalue weighted by Crippen LogP contribution is -1.97. The minimum Gasteiger partial charge on any atom is -0.324 e. The van der Waals surface area contributed by atoms with Gasteiger partial charge in [-0.1, -0.05) is 0 Å². The third kappa shape index (κ3) is 1.63. The molecule has 0 aliphatic heterocycles. The summed E-state index contributed by atoms with van der Waals surface area (Å²) in [5, 5.41) is 0. The van der Waals surface area contributed by atoms with Crippen molar-refractivity contribution in [2.45, 2.75) is 0 Å². The van der Waals surface area contributed by atoms with Gasteiger partial charge in [-0.05, 0) is 0 Å². The molecule has 0 fully saturated rings. The van der Waals surface area contributed by atoms with Crippen molar-refractivity contribution in [1.29, 1.82) is 0 Å². The van der Waals surface area contributed by atoms with Gasteiger partial charge >= 0.3 is 0 Å². The maximum absolute atomic E-state index is 9.05. The monoisotopic (exact) mass is 60.0 g/mol. The summed E-state index contributed by atoms with van der Waals surface area (Å²) in [6.45, 7) is 0.139. The Labute approximate surface area is 24.6 Å². The minimum absolute atomic E-state index is 0.139. The molecule has 0 saturated heterocycles. The summed E-state index contributed by atoms with van der Waals surface area (Å²) in [5.74, 6) is 0. The van der Waals surface area contributed by atoms with Crippen molar-refractivity contribution in [3.8, 4) is 0 Å². The second-order valence-corrected chi connectivity index (χ2v) is 0.402. The van der Waals surface area contributed by atoms with Gasteiger partial charge in [-0.15, -0.1) is 0 Å². The highest BCUT2D eigenvalue weighted by Crippen LogP contribution is 1.18. The van der Waals surface area contributed by atoms with E-state index in [-0.39, 0.29) is 6.54 Å². The van der Waals surface area contributed by atoms with Gasteiger partial charge in [0.05, 0.1) is 0 Å². The molecule has 0 aliphatic rings. The third-order valence-corrected chi connectivity index (χ3v) is 0.0962. The van der Waals surface area contributed by atoms with Crippen molar-refractivity contribution in [2.24, 2.45) is 5.73 Å². The quantitative estimate of drug-likeness (QED) is 0.316. The summed E-state index contributed by atoms with van der Waals surface area (Å²) in [7, 11) is 0. The van der Waals surface area contributed by atoms with Crippen LogP contribution in [-0.4, -0.2) is 12.8 Å². The molecule has 2 heteroatoms. The number of rotatable bonds is 1. The lowest BCUT2D eigenvalue weighted by molar-refractivity contribution is -0.106. The summed E-state index contributed by atoms with van der Waals surface area (Å²) in [6.07, 6.45) is 0.653. The van der Waals surface area contributed by atoms with Crippen LogP contribution < -0.4 is 5.73 Å². The molecule has 0 saturated carbocycles. The van der Waals surface area contributed by atoms with Gasteiger partial charge in [0.15, 0.2) is 0 Å². The van der Waals surface area contributed by atoms with Crippen LogP contribution in [0.2, 0.25) is 0 Å². The maximum Gasteiger partial charge on any atom is 0.133 e. The van der Waals surface area contributed by atoms with Gasteiger partial charge in [-0.3, -0.25) is 0 Å². The van der Waals surface area contributed by atoms with Crippen LogP contribution in [0.4, 0.5) is 0 Å². The molecule has 2 nitrogen and oxygen atoms in total. The molecule has 2 N–H and O–H groups in total. The van der Waals surface area contributed by atoms with E-state index in [0.717, 1.165) is 0 Å². The molecule has 0 unspecified atom stereocenters. The molecule has 0 aromatic heterocycles. The number of carbonyl (C=O) groups is 1. The Morgan fingerprint density at radius 2 is 2.25 bits per heavy atom. The number of aldehydes is 1. The minimum atomic E-state index is 0.139. The molecule has 0 radical (unpaired) electrons. The third-order valence-electron chi connectivity index (χ3n) is 0.0962. The second kappa shape index (κ2) is 2.63. The first-order chi connectivity index (χ1) is 1.91. The standard InChI is InChI=1S/C2H5NO/c3-1-2-4/h2H,1,3H2/i2+1. The van der Waals surface area contributed by atoms with E-state index >= 15 is 0 Å². The van der Waals surface area contributed by atoms with Crippen molar-refractivity contribution in [2.75, 3.05) is 6.54 Å². The smallest absolute Gasteiger partial charge is 0.133 e. The van der Waals surface area contributed by atoms with Gasteiger partial charge in [0.2, 0.25) is 0 Å². The topological polar surface area (TPSA) is 43.1 Å². The zero-order valence-electron chi connectivity index (χ0n) is 2.27. The number of hydrogen-bond donors (Lipinski definition) is 1. The number of hydrogen-bond acceptors (Lipinski definition) is 2. The normalized spacial score (nSPS) is 6.25. The van der Waals surface area contributed by atoms with E-state index < -0.39 is 0 Å². The van der Waals surface area contributed by atoms with Crippen molar-refractivity contribution in [3.05, 3.63) is 0 Å². The highest BCUT2D eigenvalue weighted by atomic mass is 16.2. The van der Waals surface area contributed by atoms with Crippen molar-refractivity contribution < 1.29 is 4.79 Å². The second-order valence-electron chi connectivity index (χ2n) is 0.402. The first-order valence-electron chi connectivity index (χ1n) is 1.05. The average Bonchev–Trinajstić information content (AvgIpc) is 1.37. The Hall–Kier alpha value is -0.370. The van der Waals surface area contributed by atoms with Crippen LogP contribution >= 0.6 is 0 Å². The van der Waals surface area contributed by atoms with Gasteiger partial charge in [0.1, 0.15) is 6.29 Å². The fourth-order valence-electron chi connectivity index (χ4n) is 0. The van der Waals surface area contributed by atoms with Gasteiger partial charge < -0.3 is 10.5 Å². The Kier molecular flexibility index (Phi) is 2.39. The summed E-state index contributed by atoms with van der Waals surface area (Å²) in [4.78, 5) is 9.05. The number of carbonyl (C=O) groups excluding carboxylic acids is 1. The highest BCUT2D eigenvalue weighted by Gasteiger charge is 1.51. The Bertz CT molecular complexity index is 20.0. The Balaban J connectivity index is 2.30. The molecule has 0 heterocycles. The summed E-state index contributed by atoms with van der Waals surface area (Å²) >= 11 is 0. The van der Waals surface area contributed by atoms with Crippen LogP contribution in [0.5, 0.6) is 0 Å². The van der Waals surface area contributed by atoms with Crippen LogP contribution in [0.3, 0.4) is 0 Å². The van der Waals surface area contributed by atoms with Crippen LogP contribution in [0, 0.1) is 0 Å². The highest BCUT2D eigenvalue weighted by molar-refractivity contribution is 5.51. The van der Waals surface area contributed by atoms with Gasteiger partial charge in [-0.2, -0.15) is 0 Å². The zero-order valence-corrected chi connectivity index (χ0v) is 2.27. The maximum atomic E-state index is 9.05. The SMILES string of the molecule is NC[13CH]=O. The number of nitrogens with two attached hydrogens (primary N) is 1. The largest absolute Gasteiger partial charge is 0.324 e. The molecule has 4 heavy (non-hydrogen) atoms. The van der Waals surface area contributed by atoms with Gasteiger partial charge in [0, 0.05) is 6.54 Å². The van der Waals surface area contributed by atoms with Crippen molar-refractivity contribution in [3.63, 3.8) is 0 Å². The molecule has 0 amide bonds. The lowest BCUT2D eigenvalue weighted by atomic mass is 11.1. The van der Waals surface area contributed by atoms with Crippen LogP contribution in [0.1, 0.15) is 0 Å². The van der Waals surface area contributed by atoms with E-state index in [1.165, 1.54) is 0 Å². The molecular weight excluding hydrogens is 55.0 g/mol. The van der Waals surface area contributed by atoms with Gasteiger partial charge in [-0.25, -0.2) is 0 Å². The molecule has 0 spiro atoms. The summed E-state index contributed by atoms with van der Waals surface area (Å²) in [6, 6.07) is 0. The summed E-state index contributed by atoms with van der Waals surface area (Å²) < 4.78 is 0. The summed E-state index contributed by atoms with van der Waals surface area (Å²) in [5.41, 5.74) is 4.66. The molecule has 24 valence electrons. The van der Waals surface area contributed by atoms with Crippen LogP contribution in [0.25, 0.3) is 0 Å². The zero-order chi connectivity index (χ0) is 3.41. The fraction of sp³-hybridized carbons (Fsp3) is 0.500. The van der Waals surface area contributed by atoms with Gasteiger partial charge in [0.25, 0.3) is 0 Å². The first kappa shape index (κ1) is 3.63. The lowest BCUT2D eigenvalue weighted by Gasteiger charge is -1.55. The molecule has 0 aromatic rings. The Morgan fingerprint density at radius 3 is 2.25 bits per heavy atom. The van der Waals surface area contributed by atoms with E-state index in [4.69, 9.17) is 4.79 Å². The molecular formula is C2H5NO. The molecule has 0 bridgehead atoms. The predicted molar refractivity (Wildman–Crippen MR) is 15.1 cm³/mol. The van der Waals surface area contributed by atoms with E-state index in [1.807, 2.05) is 0 Å². The van der Waals surface area contributed by atoms with E-state index in [9.17, 15) is 0 Å². The molecule has 0 aliphatic carbocycles. The fourth-order valence-corrected chi connectivity index (χ4v) is 0. The average molecular weight is 60.1 g/mol. The predicted octanol–water partition coefficient (Wildman–Crippen LogP) is -0.856. The first-order valence-corrected chi connectivity index (χ1v) is 1.05. The van der Waals surface area contributed by atoms with Crippen LogP contribution in [-0.2, 0) is 4.79 Å². The van der Waals surface area contributed by atoms with Crippen LogP contribution in [0.15, 0.2) is 0 Å². The Morgan fingerprint density at radius 1 is 2.00 bits per heavy atom. The van der Waals surface area contributed by atoms with E-state index in [1.54, 1.807) is 0 Å².